The Balaban J connectivity index is 2.32. The summed E-state index contributed by atoms with van der Waals surface area (Å²) < 4.78 is 27.4. The lowest BCUT2D eigenvalue weighted by Crippen LogP contribution is -2.16. The normalized spacial score (nSPS) is 12.0. The predicted molar refractivity (Wildman–Crippen MR) is 95.9 cm³/mol. The molecule has 0 aliphatic carbocycles. The molecule has 2 aromatic carbocycles. The Morgan fingerprint density at radius 1 is 1.08 bits per heavy atom. The fourth-order valence-corrected chi connectivity index (χ4v) is 3.39. The summed E-state index contributed by atoms with van der Waals surface area (Å²) in [7, 11) is -3.78. The molecule has 0 radical (unpaired) electrons. The number of carbonyl (C=O) groups excluding carboxylic acids is 1. The minimum absolute atomic E-state index is 0.0555. The summed E-state index contributed by atoms with van der Waals surface area (Å²) in [5.41, 5.74) is 6.45. The SMILES string of the molecule is CC(C)(C)c1ccc(S(=O)(=O)Nc2ccc(Cl)c(C(N)=O)c2)cc1. The van der Waals surface area contributed by atoms with Crippen LogP contribution in [-0.4, -0.2) is 14.3 Å². The van der Waals surface area contributed by atoms with E-state index in [0.29, 0.717) is 0 Å². The molecule has 0 unspecified atom stereocenters. The second-order valence-corrected chi connectivity index (χ2v) is 8.53. The van der Waals surface area contributed by atoms with E-state index in [4.69, 9.17) is 17.3 Å². The number of nitrogens with one attached hydrogen (secondary N) is 1. The minimum Gasteiger partial charge on any atom is -0.366 e. The van der Waals surface area contributed by atoms with E-state index in [-0.39, 0.29) is 26.6 Å². The number of nitrogens with two attached hydrogens (primary N) is 1. The van der Waals surface area contributed by atoms with Gasteiger partial charge in [0, 0.05) is 5.69 Å². The highest BCUT2D eigenvalue weighted by Crippen LogP contribution is 2.25. The third-order valence-electron chi connectivity index (χ3n) is 3.51. The summed E-state index contributed by atoms with van der Waals surface area (Å²) in [4.78, 5) is 11.4. The molecule has 0 fully saturated rings. The second kappa shape index (κ2) is 6.45. The molecule has 5 nitrogen and oxygen atoms in total. The van der Waals surface area contributed by atoms with Crippen LogP contribution in [0.3, 0.4) is 0 Å². The summed E-state index contributed by atoms with van der Waals surface area (Å²) in [6, 6.07) is 10.9. The lowest BCUT2D eigenvalue weighted by Gasteiger charge is -2.19. The highest BCUT2D eigenvalue weighted by atomic mass is 35.5. The maximum atomic E-state index is 12.5. The van der Waals surface area contributed by atoms with Crippen molar-refractivity contribution in [3.63, 3.8) is 0 Å². The van der Waals surface area contributed by atoms with Crippen LogP contribution in [0.15, 0.2) is 47.4 Å². The van der Waals surface area contributed by atoms with E-state index < -0.39 is 15.9 Å². The number of hydrogen-bond donors (Lipinski definition) is 2. The second-order valence-electron chi connectivity index (χ2n) is 6.44. The van der Waals surface area contributed by atoms with Crippen molar-refractivity contribution in [1.29, 1.82) is 0 Å². The Kier molecular flexibility index (Phi) is 4.92. The van der Waals surface area contributed by atoms with Gasteiger partial charge in [0.1, 0.15) is 0 Å². The highest BCUT2D eigenvalue weighted by Gasteiger charge is 2.18. The lowest BCUT2D eigenvalue weighted by atomic mass is 9.87. The molecule has 3 N–H and O–H groups in total. The Bertz CT molecular complexity index is 870. The van der Waals surface area contributed by atoms with Crippen LogP contribution in [-0.2, 0) is 15.4 Å². The number of halogens is 1. The maximum Gasteiger partial charge on any atom is 0.261 e. The van der Waals surface area contributed by atoms with Crippen LogP contribution in [0.2, 0.25) is 5.02 Å². The van der Waals surface area contributed by atoms with Crippen LogP contribution < -0.4 is 10.5 Å². The van der Waals surface area contributed by atoms with Gasteiger partial charge in [0.05, 0.1) is 15.5 Å². The van der Waals surface area contributed by atoms with Crippen LogP contribution in [0.1, 0.15) is 36.7 Å². The molecule has 2 aromatic rings. The zero-order valence-corrected chi connectivity index (χ0v) is 15.2. The Labute approximate surface area is 146 Å². The minimum atomic E-state index is -3.78. The Hall–Kier alpha value is -2.05. The van der Waals surface area contributed by atoms with E-state index in [0.717, 1.165) is 5.56 Å². The van der Waals surface area contributed by atoms with E-state index in [9.17, 15) is 13.2 Å². The average molecular weight is 367 g/mol. The third kappa shape index (κ3) is 4.07. The molecular weight excluding hydrogens is 348 g/mol. The van der Waals surface area contributed by atoms with Crippen molar-refractivity contribution in [2.45, 2.75) is 31.1 Å². The number of carbonyl (C=O) groups is 1. The highest BCUT2D eigenvalue weighted by molar-refractivity contribution is 7.92. The van der Waals surface area contributed by atoms with Crippen molar-refractivity contribution in [3.8, 4) is 0 Å². The van der Waals surface area contributed by atoms with Crippen LogP contribution >= 0.6 is 11.6 Å². The van der Waals surface area contributed by atoms with Gasteiger partial charge in [-0.2, -0.15) is 0 Å². The summed E-state index contributed by atoms with van der Waals surface area (Å²) in [5, 5.41) is 0.167. The molecule has 128 valence electrons. The average Bonchev–Trinajstić information content (AvgIpc) is 2.48. The number of primary amides is 1. The molecular formula is C17H19ClN2O3S. The van der Waals surface area contributed by atoms with Gasteiger partial charge in [-0.3, -0.25) is 9.52 Å². The van der Waals surface area contributed by atoms with Crippen molar-refractivity contribution >= 4 is 33.2 Å². The Morgan fingerprint density at radius 3 is 2.17 bits per heavy atom. The van der Waals surface area contributed by atoms with Crippen LogP contribution in [0.5, 0.6) is 0 Å². The molecule has 0 aliphatic heterocycles. The summed E-state index contributed by atoms with van der Waals surface area (Å²) >= 11 is 5.86. The van der Waals surface area contributed by atoms with E-state index in [2.05, 4.69) is 4.72 Å². The Morgan fingerprint density at radius 2 is 1.67 bits per heavy atom. The van der Waals surface area contributed by atoms with Gasteiger partial charge in [0.2, 0.25) is 5.91 Å². The largest absolute Gasteiger partial charge is 0.366 e. The van der Waals surface area contributed by atoms with Gasteiger partial charge in [-0.05, 0) is 41.3 Å². The summed E-state index contributed by atoms with van der Waals surface area (Å²) in [5.74, 6) is -0.726. The molecule has 1 amide bonds. The van der Waals surface area contributed by atoms with Gasteiger partial charge in [-0.25, -0.2) is 8.42 Å². The quantitative estimate of drug-likeness (QED) is 0.867. The van der Waals surface area contributed by atoms with Gasteiger partial charge < -0.3 is 5.73 Å². The maximum absolute atomic E-state index is 12.5. The van der Waals surface area contributed by atoms with Crippen LogP contribution in [0, 0.1) is 0 Å². The van der Waals surface area contributed by atoms with Crippen LogP contribution in [0.25, 0.3) is 0 Å². The standard InChI is InChI=1S/C17H19ClN2O3S/c1-17(2,3)11-4-7-13(8-5-11)24(22,23)20-12-6-9-15(18)14(10-12)16(19)21/h4-10,20H,1-3H3,(H2,19,21). The van der Waals surface area contributed by atoms with Crippen LogP contribution in [0.4, 0.5) is 5.69 Å². The first-order chi connectivity index (χ1) is 11.0. The monoisotopic (exact) mass is 366 g/mol. The van der Waals surface area contributed by atoms with Crippen molar-refractivity contribution in [2.75, 3.05) is 4.72 Å². The van der Waals surface area contributed by atoms with Crippen molar-refractivity contribution in [3.05, 3.63) is 58.6 Å². The summed E-state index contributed by atoms with van der Waals surface area (Å²) in [6.45, 7) is 6.15. The first-order valence-corrected chi connectivity index (χ1v) is 9.09. The predicted octanol–water partition coefficient (Wildman–Crippen LogP) is 3.54. The molecule has 7 heteroatoms. The molecule has 0 aromatic heterocycles. The third-order valence-corrected chi connectivity index (χ3v) is 5.24. The molecule has 0 saturated heterocycles. The van der Waals surface area contributed by atoms with Gasteiger partial charge in [0.15, 0.2) is 0 Å². The molecule has 24 heavy (non-hydrogen) atoms. The van der Waals surface area contributed by atoms with E-state index in [1.807, 2.05) is 20.8 Å². The number of anilines is 1. The van der Waals surface area contributed by atoms with Gasteiger partial charge in [0.25, 0.3) is 10.0 Å². The van der Waals surface area contributed by atoms with Crippen molar-refractivity contribution in [2.24, 2.45) is 5.73 Å². The number of benzene rings is 2. The van der Waals surface area contributed by atoms with Crippen molar-refractivity contribution < 1.29 is 13.2 Å². The zero-order valence-electron chi connectivity index (χ0n) is 13.6. The molecule has 0 heterocycles. The molecule has 0 aliphatic rings. The van der Waals surface area contributed by atoms with Gasteiger partial charge >= 0.3 is 0 Å². The lowest BCUT2D eigenvalue weighted by molar-refractivity contribution is 0.100. The molecule has 2 rings (SSSR count). The number of amides is 1. The van der Waals surface area contributed by atoms with E-state index >= 15 is 0 Å². The molecule has 0 atom stereocenters. The fourth-order valence-electron chi connectivity index (χ4n) is 2.13. The van der Waals surface area contributed by atoms with Gasteiger partial charge in [-0.1, -0.05) is 44.5 Å². The number of hydrogen-bond acceptors (Lipinski definition) is 3. The van der Waals surface area contributed by atoms with Gasteiger partial charge in [-0.15, -0.1) is 0 Å². The fraction of sp³-hybridized carbons (Fsp3) is 0.235. The number of rotatable bonds is 4. The first-order valence-electron chi connectivity index (χ1n) is 7.23. The smallest absolute Gasteiger partial charge is 0.261 e. The summed E-state index contributed by atoms with van der Waals surface area (Å²) in [6.07, 6.45) is 0. The van der Waals surface area contributed by atoms with E-state index in [1.54, 1.807) is 24.3 Å². The first kappa shape index (κ1) is 18.3. The molecule has 0 spiro atoms. The molecule has 0 bridgehead atoms. The van der Waals surface area contributed by atoms with Crippen molar-refractivity contribution in [1.82, 2.24) is 0 Å². The molecule has 0 saturated carbocycles. The number of sulfonamides is 1. The van der Waals surface area contributed by atoms with E-state index in [1.165, 1.54) is 18.2 Å². The zero-order chi connectivity index (χ0) is 18.1. The topological polar surface area (TPSA) is 89.3 Å².